The van der Waals surface area contributed by atoms with Crippen LogP contribution in [0.15, 0.2) is 4.42 Å². The zero-order chi connectivity index (χ0) is 11.5. The molecule has 1 N–H and O–H groups in total. The van der Waals surface area contributed by atoms with Crippen molar-refractivity contribution >= 4 is 0 Å². The molecule has 0 unspecified atom stereocenters. The minimum atomic E-state index is 0.125. The SMILES string of the molecule is CC.Cc1nc2c(o1)C(C)(C)CCNC2. The van der Waals surface area contributed by atoms with E-state index < -0.39 is 0 Å². The Morgan fingerprint density at radius 1 is 1.33 bits per heavy atom. The Hall–Kier alpha value is -0.830. The third kappa shape index (κ3) is 2.59. The second-order valence-electron chi connectivity index (χ2n) is 4.32. The summed E-state index contributed by atoms with van der Waals surface area (Å²) in [6, 6.07) is 0. The van der Waals surface area contributed by atoms with Gasteiger partial charge in [-0.25, -0.2) is 4.98 Å². The molecule has 0 amide bonds. The monoisotopic (exact) mass is 210 g/mol. The van der Waals surface area contributed by atoms with Gasteiger partial charge in [0.2, 0.25) is 0 Å². The van der Waals surface area contributed by atoms with Crippen LogP contribution in [0.5, 0.6) is 0 Å². The lowest BCUT2D eigenvalue weighted by atomic mass is 9.86. The van der Waals surface area contributed by atoms with E-state index in [9.17, 15) is 0 Å². The fourth-order valence-corrected chi connectivity index (χ4v) is 1.84. The lowest BCUT2D eigenvalue weighted by Gasteiger charge is -2.19. The smallest absolute Gasteiger partial charge is 0.191 e. The van der Waals surface area contributed by atoms with Gasteiger partial charge in [0.25, 0.3) is 0 Å². The molecule has 1 aromatic rings. The first kappa shape index (κ1) is 12.2. The lowest BCUT2D eigenvalue weighted by molar-refractivity contribution is 0.356. The molecule has 0 bridgehead atoms. The molecule has 0 spiro atoms. The highest BCUT2D eigenvalue weighted by Crippen LogP contribution is 2.31. The second-order valence-corrected chi connectivity index (χ2v) is 4.32. The summed E-state index contributed by atoms with van der Waals surface area (Å²) in [5, 5.41) is 3.35. The van der Waals surface area contributed by atoms with E-state index in [0.717, 1.165) is 36.9 Å². The predicted octanol–water partition coefficient (Wildman–Crippen LogP) is 2.78. The number of nitrogens with zero attached hydrogens (tertiary/aromatic N) is 1. The van der Waals surface area contributed by atoms with Crippen LogP contribution in [0.1, 0.15) is 51.5 Å². The van der Waals surface area contributed by atoms with Gasteiger partial charge >= 0.3 is 0 Å². The molecule has 3 nitrogen and oxygen atoms in total. The Balaban J connectivity index is 0.000000531. The van der Waals surface area contributed by atoms with Crippen molar-refractivity contribution in [3.63, 3.8) is 0 Å². The Bertz CT molecular complexity index is 315. The highest BCUT2D eigenvalue weighted by atomic mass is 16.4. The van der Waals surface area contributed by atoms with E-state index in [-0.39, 0.29) is 5.41 Å². The first-order valence-corrected chi connectivity index (χ1v) is 5.77. The number of oxazole rings is 1. The molecule has 1 aromatic heterocycles. The van der Waals surface area contributed by atoms with Crippen LogP contribution in [0, 0.1) is 6.92 Å². The largest absolute Gasteiger partial charge is 0.445 e. The second kappa shape index (κ2) is 4.79. The average Bonchev–Trinajstić information content (AvgIpc) is 2.53. The molecular weight excluding hydrogens is 188 g/mol. The Kier molecular flexibility index (Phi) is 3.91. The van der Waals surface area contributed by atoms with Crippen molar-refractivity contribution in [3.05, 3.63) is 17.3 Å². The molecule has 0 aliphatic carbocycles. The van der Waals surface area contributed by atoms with Crippen LogP contribution < -0.4 is 5.32 Å². The quantitative estimate of drug-likeness (QED) is 0.715. The van der Waals surface area contributed by atoms with Gasteiger partial charge in [-0.15, -0.1) is 0 Å². The van der Waals surface area contributed by atoms with Gasteiger partial charge in [0.05, 0.1) is 5.69 Å². The molecule has 0 fully saturated rings. The average molecular weight is 210 g/mol. The molecule has 86 valence electrons. The summed E-state index contributed by atoms with van der Waals surface area (Å²) in [6.45, 7) is 12.2. The third-order valence-corrected chi connectivity index (χ3v) is 2.64. The number of nitrogens with one attached hydrogen (secondary N) is 1. The van der Waals surface area contributed by atoms with E-state index in [0.29, 0.717) is 0 Å². The van der Waals surface area contributed by atoms with Crippen LogP contribution in [0.2, 0.25) is 0 Å². The highest BCUT2D eigenvalue weighted by Gasteiger charge is 2.30. The lowest BCUT2D eigenvalue weighted by Crippen LogP contribution is -2.20. The van der Waals surface area contributed by atoms with Crippen LogP contribution in [-0.4, -0.2) is 11.5 Å². The fraction of sp³-hybridized carbons (Fsp3) is 0.750. The van der Waals surface area contributed by atoms with Crippen molar-refractivity contribution in [3.8, 4) is 0 Å². The van der Waals surface area contributed by atoms with E-state index in [2.05, 4.69) is 24.1 Å². The number of hydrogen-bond acceptors (Lipinski definition) is 3. The number of rotatable bonds is 0. The van der Waals surface area contributed by atoms with Crippen LogP contribution >= 0.6 is 0 Å². The maximum absolute atomic E-state index is 5.65. The van der Waals surface area contributed by atoms with E-state index in [1.165, 1.54) is 0 Å². The molecule has 1 aliphatic heterocycles. The van der Waals surface area contributed by atoms with Crippen LogP contribution in [0.3, 0.4) is 0 Å². The van der Waals surface area contributed by atoms with E-state index in [1.807, 2.05) is 20.8 Å². The van der Waals surface area contributed by atoms with Gasteiger partial charge in [-0.05, 0) is 13.0 Å². The summed E-state index contributed by atoms with van der Waals surface area (Å²) < 4.78 is 5.65. The number of hydrogen-bond donors (Lipinski definition) is 1. The van der Waals surface area contributed by atoms with Gasteiger partial charge < -0.3 is 9.73 Å². The summed E-state index contributed by atoms with van der Waals surface area (Å²) in [5.74, 6) is 1.84. The summed E-state index contributed by atoms with van der Waals surface area (Å²) in [7, 11) is 0. The first-order valence-electron chi connectivity index (χ1n) is 5.77. The van der Waals surface area contributed by atoms with Gasteiger partial charge in [0, 0.05) is 18.9 Å². The van der Waals surface area contributed by atoms with Crippen molar-refractivity contribution < 1.29 is 4.42 Å². The van der Waals surface area contributed by atoms with Gasteiger partial charge in [-0.3, -0.25) is 0 Å². The molecule has 2 heterocycles. The molecule has 0 saturated carbocycles. The first-order chi connectivity index (χ1) is 7.09. The molecule has 0 aromatic carbocycles. The van der Waals surface area contributed by atoms with Crippen molar-refractivity contribution in [2.45, 2.75) is 53.0 Å². The van der Waals surface area contributed by atoms with Gasteiger partial charge in [0.15, 0.2) is 5.89 Å². The normalized spacial score (nSPS) is 18.5. The summed E-state index contributed by atoms with van der Waals surface area (Å²) in [5.41, 5.74) is 1.21. The molecule has 0 radical (unpaired) electrons. The van der Waals surface area contributed by atoms with Crippen molar-refractivity contribution in [1.82, 2.24) is 10.3 Å². The minimum Gasteiger partial charge on any atom is -0.445 e. The van der Waals surface area contributed by atoms with Crippen LogP contribution in [0.4, 0.5) is 0 Å². The highest BCUT2D eigenvalue weighted by molar-refractivity contribution is 5.20. The van der Waals surface area contributed by atoms with Crippen molar-refractivity contribution in [1.29, 1.82) is 0 Å². The Morgan fingerprint density at radius 3 is 2.67 bits per heavy atom. The molecule has 0 saturated heterocycles. The number of aromatic nitrogens is 1. The molecule has 2 rings (SSSR count). The number of aryl methyl sites for hydroxylation is 1. The maximum atomic E-state index is 5.65. The maximum Gasteiger partial charge on any atom is 0.191 e. The molecular formula is C12H22N2O. The topological polar surface area (TPSA) is 38.1 Å². The Labute approximate surface area is 92.3 Å². The van der Waals surface area contributed by atoms with Crippen molar-refractivity contribution in [2.75, 3.05) is 6.54 Å². The number of fused-ring (bicyclic) bond motifs is 1. The van der Waals surface area contributed by atoms with Gasteiger partial charge in [-0.2, -0.15) is 0 Å². The minimum absolute atomic E-state index is 0.125. The Morgan fingerprint density at radius 2 is 2.00 bits per heavy atom. The van der Waals surface area contributed by atoms with Gasteiger partial charge in [-0.1, -0.05) is 27.7 Å². The molecule has 15 heavy (non-hydrogen) atoms. The molecule has 1 aliphatic rings. The van der Waals surface area contributed by atoms with E-state index in [1.54, 1.807) is 0 Å². The van der Waals surface area contributed by atoms with Crippen LogP contribution in [-0.2, 0) is 12.0 Å². The van der Waals surface area contributed by atoms with E-state index in [4.69, 9.17) is 4.42 Å². The summed E-state index contributed by atoms with van der Waals surface area (Å²) >= 11 is 0. The zero-order valence-corrected chi connectivity index (χ0v) is 10.5. The summed E-state index contributed by atoms with van der Waals surface area (Å²) in [6.07, 6.45) is 1.11. The zero-order valence-electron chi connectivity index (χ0n) is 10.5. The standard InChI is InChI=1S/C10H16N2O.C2H6/c1-7-12-8-6-11-5-4-10(2,3)9(8)13-7;1-2/h11H,4-6H2,1-3H3;1-2H3. The van der Waals surface area contributed by atoms with Crippen LogP contribution in [0.25, 0.3) is 0 Å². The molecule has 0 atom stereocenters. The van der Waals surface area contributed by atoms with Gasteiger partial charge in [0.1, 0.15) is 5.76 Å². The predicted molar refractivity (Wildman–Crippen MR) is 61.9 cm³/mol. The fourth-order valence-electron chi connectivity index (χ4n) is 1.84. The summed E-state index contributed by atoms with van der Waals surface area (Å²) in [4.78, 5) is 4.38. The molecule has 3 heteroatoms. The third-order valence-electron chi connectivity index (χ3n) is 2.64. The van der Waals surface area contributed by atoms with E-state index >= 15 is 0 Å². The van der Waals surface area contributed by atoms with Crippen molar-refractivity contribution in [2.24, 2.45) is 0 Å².